The summed E-state index contributed by atoms with van der Waals surface area (Å²) in [4.78, 5) is 12.1. The van der Waals surface area contributed by atoms with Gasteiger partial charge in [0.2, 0.25) is 5.91 Å². The molecular formula is C14H20N2O. The zero-order valence-corrected chi connectivity index (χ0v) is 10.5. The van der Waals surface area contributed by atoms with Crippen molar-refractivity contribution >= 4 is 5.91 Å². The first-order chi connectivity index (χ1) is 8.22. The van der Waals surface area contributed by atoms with E-state index in [1.54, 1.807) is 0 Å². The Labute approximate surface area is 103 Å². The fraction of sp³-hybridized carbons (Fsp3) is 0.500. The van der Waals surface area contributed by atoms with Crippen LogP contribution in [0.1, 0.15) is 30.4 Å². The van der Waals surface area contributed by atoms with Crippen LogP contribution in [0.4, 0.5) is 0 Å². The molecule has 1 amide bonds. The van der Waals surface area contributed by atoms with E-state index < -0.39 is 0 Å². The molecule has 0 aliphatic heterocycles. The van der Waals surface area contributed by atoms with E-state index in [2.05, 4.69) is 29.7 Å². The molecule has 3 nitrogen and oxygen atoms in total. The first-order valence-electron chi connectivity index (χ1n) is 6.25. The summed E-state index contributed by atoms with van der Waals surface area (Å²) in [5.74, 6) is 0.215. The van der Waals surface area contributed by atoms with Gasteiger partial charge in [0.25, 0.3) is 0 Å². The minimum atomic E-state index is 0.0512. The second-order valence-corrected chi connectivity index (χ2v) is 4.72. The van der Waals surface area contributed by atoms with E-state index in [4.69, 9.17) is 0 Å². The van der Waals surface area contributed by atoms with Crippen LogP contribution in [-0.4, -0.2) is 25.5 Å². The summed E-state index contributed by atoms with van der Waals surface area (Å²) in [6.07, 6.45) is 1.97. The van der Waals surface area contributed by atoms with Crippen LogP contribution < -0.4 is 10.6 Å². The number of benzene rings is 1. The van der Waals surface area contributed by atoms with Gasteiger partial charge in [0.1, 0.15) is 0 Å². The second kappa shape index (κ2) is 5.32. The Bertz CT molecular complexity index is 403. The smallest absolute Gasteiger partial charge is 0.227 e. The van der Waals surface area contributed by atoms with Gasteiger partial charge in [-0.3, -0.25) is 4.79 Å². The third kappa shape index (κ3) is 2.67. The Hall–Kier alpha value is -1.35. The van der Waals surface area contributed by atoms with Gasteiger partial charge in [0, 0.05) is 12.6 Å². The minimum Gasteiger partial charge on any atom is -0.354 e. The van der Waals surface area contributed by atoms with Gasteiger partial charge in [-0.2, -0.15) is 0 Å². The third-order valence-corrected chi connectivity index (χ3v) is 3.52. The zero-order valence-electron chi connectivity index (χ0n) is 10.5. The van der Waals surface area contributed by atoms with Crippen molar-refractivity contribution < 1.29 is 4.79 Å². The van der Waals surface area contributed by atoms with Crippen molar-refractivity contribution in [3.8, 4) is 0 Å². The summed E-state index contributed by atoms with van der Waals surface area (Å²) in [5, 5.41) is 6.13. The van der Waals surface area contributed by atoms with Gasteiger partial charge in [0.15, 0.2) is 0 Å². The lowest BCUT2D eigenvalue weighted by Crippen LogP contribution is -2.39. The van der Waals surface area contributed by atoms with Crippen molar-refractivity contribution in [1.29, 1.82) is 0 Å². The summed E-state index contributed by atoms with van der Waals surface area (Å²) in [7, 11) is 1.90. The van der Waals surface area contributed by atoms with Gasteiger partial charge in [-0.1, -0.05) is 24.3 Å². The lowest BCUT2D eigenvalue weighted by atomic mass is 10.0. The summed E-state index contributed by atoms with van der Waals surface area (Å²) in [6, 6.07) is 8.58. The van der Waals surface area contributed by atoms with Crippen molar-refractivity contribution in [2.45, 2.75) is 31.7 Å². The molecule has 0 fully saturated rings. The number of carbonyl (C=O) groups excluding carboxylic acids is 1. The molecular weight excluding hydrogens is 212 g/mol. The summed E-state index contributed by atoms with van der Waals surface area (Å²) in [6.45, 7) is 2.75. The molecule has 0 aromatic heterocycles. The first-order valence-corrected chi connectivity index (χ1v) is 6.25. The molecule has 0 radical (unpaired) electrons. The van der Waals surface area contributed by atoms with Crippen LogP contribution in [-0.2, 0) is 11.2 Å². The summed E-state index contributed by atoms with van der Waals surface area (Å²) >= 11 is 0. The van der Waals surface area contributed by atoms with Crippen molar-refractivity contribution in [2.24, 2.45) is 0 Å². The third-order valence-electron chi connectivity index (χ3n) is 3.52. The minimum absolute atomic E-state index is 0.0512. The molecule has 2 rings (SSSR count). The number of fused-ring (bicyclic) bond motifs is 1. The second-order valence-electron chi connectivity index (χ2n) is 4.72. The van der Waals surface area contributed by atoms with E-state index in [9.17, 15) is 4.79 Å². The maximum Gasteiger partial charge on any atom is 0.227 e. The number of aryl methyl sites for hydroxylation is 1. The highest BCUT2D eigenvalue weighted by molar-refractivity contribution is 5.84. The summed E-state index contributed by atoms with van der Waals surface area (Å²) in [5.41, 5.74) is 2.54. The number of likely N-dealkylation sites (N-methyl/N-ethyl adjacent to an activating group) is 1. The Morgan fingerprint density at radius 2 is 2.24 bits per heavy atom. The van der Waals surface area contributed by atoms with E-state index >= 15 is 0 Å². The van der Waals surface area contributed by atoms with Gasteiger partial charge in [-0.05, 0) is 37.9 Å². The maximum absolute atomic E-state index is 12.1. The topological polar surface area (TPSA) is 41.1 Å². The van der Waals surface area contributed by atoms with Crippen molar-refractivity contribution in [3.05, 3.63) is 35.4 Å². The number of amides is 1. The standard InChI is InChI=1S/C14H20N2O/c1-10(15-2)9-16-14(17)13-8-7-11-5-3-4-6-12(11)13/h3-6,10,13,15H,7-9H2,1-2H3,(H,16,17). The molecule has 1 aliphatic carbocycles. The van der Waals surface area contributed by atoms with Crippen LogP contribution >= 0.6 is 0 Å². The predicted molar refractivity (Wildman–Crippen MR) is 69.0 cm³/mol. The first kappa shape index (κ1) is 12.1. The van der Waals surface area contributed by atoms with Crippen molar-refractivity contribution in [2.75, 3.05) is 13.6 Å². The van der Waals surface area contributed by atoms with Gasteiger partial charge in [0.05, 0.1) is 5.92 Å². The average Bonchev–Trinajstić information content (AvgIpc) is 2.79. The van der Waals surface area contributed by atoms with Gasteiger partial charge >= 0.3 is 0 Å². The largest absolute Gasteiger partial charge is 0.354 e. The van der Waals surface area contributed by atoms with Crippen LogP contribution in [0.15, 0.2) is 24.3 Å². The molecule has 92 valence electrons. The molecule has 0 saturated carbocycles. The highest BCUT2D eigenvalue weighted by Crippen LogP contribution is 2.32. The highest BCUT2D eigenvalue weighted by atomic mass is 16.1. The summed E-state index contributed by atoms with van der Waals surface area (Å²) < 4.78 is 0. The molecule has 0 heterocycles. The molecule has 2 N–H and O–H groups in total. The molecule has 0 spiro atoms. The SMILES string of the molecule is CNC(C)CNC(=O)C1CCc2ccccc21. The van der Waals surface area contributed by atoms with E-state index in [-0.39, 0.29) is 11.8 Å². The monoisotopic (exact) mass is 232 g/mol. The molecule has 0 bridgehead atoms. The lowest BCUT2D eigenvalue weighted by Gasteiger charge is -2.15. The zero-order chi connectivity index (χ0) is 12.3. The molecule has 2 unspecified atom stereocenters. The molecule has 1 aliphatic rings. The maximum atomic E-state index is 12.1. The Morgan fingerprint density at radius 1 is 1.47 bits per heavy atom. The lowest BCUT2D eigenvalue weighted by molar-refractivity contribution is -0.122. The Kier molecular flexibility index (Phi) is 3.79. The number of rotatable bonds is 4. The van der Waals surface area contributed by atoms with Crippen LogP contribution in [0.2, 0.25) is 0 Å². The Morgan fingerprint density at radius 3 is 3.00 bits per heavy atom. The van der Waals surface area contributed by atoms with Crippen LogP contribution in [0.25, 0.3) is 0 Å². The molecule has 1 aromatic rings. The van der Waals surface area contributed by atoms with E-state index in [0.717, 1.165) is 12.8 Å². The molecule has 0 saturated heterocycles. The fourth-order valence-corrected chi connectivity index (χ4v) is 2.31. The quantitative estimate of drug-likeness (QED) is 0.825. The number of carbonyl (C=O) groups is 1. The fourth-order valence-electron chi connectivity index (χ4n) is 2.31. The van der Waals surface area contributed by atoms with Crippen LogP contribution in [0, 0.1) is 0 Å². The van der Waals surface area contributed by atoms with Crippen LogP contribution in [0.3, 0.4) is 0 Å². The average molecular weight is 232 g/mol. The van der Waals surface area contributed by atoms with E-state index in [0.29, 0.717) is 12.6 Å². The van der Waals surface area contributed by atoms with Crippen molar-refractivity contribution in [3.63, 3.8) is 0 Å². The highest BCUT2D eigenvalue weighted by Gasteiger charge is 2.27. The van der Waals surface area contributed by atoms with Gasteiger partial charge in [-0.25, -0.2) is 0 Å². The number of hydrogen-bond donors (Lipinski definition) is 2. The predicted octanol–water partition coefficient (Wildman–Crippen LogP) is 1.44. The van der Waals surface area contributed by atoms with Gasteiger partial charge < -0.3 is 10.6 Å². The van der Waals surface area contributed by atoms with E-state index in [1.165, 1.54) is 11.1 Å². The normalized spacial score (nSPS) is 19.8. The number of nitrogens with one attached hydrogen (secondary N) is 2. The van der Waals surface area contributed by atoms with Crippen molar-refractivity contribution in [1.82, 2.24) is 10.6 Å². The number of hydrogen-bond acceptors (Lipinski definition) is 2. The van der Waals surface area contributed by atoms with Crippen LogP contribution in [0.5, 0.6) is 0 Å². The van der Waals surface area contributed by atoms with Gasteiger partial charge in [-0.15, -0.1) is 0 Å². The Balaban J connectivity index is 1.98. The van der Waals surface area contributed by atoms with E-state index in [1.807, 2.05) is 19.2 Å². The molecule has 3 heteroatoms. The molecule has 17 heavy (non-hydrogen) atoms. The molecule has 2 atom stereocenters. The molecule has 1 aromatic carbocycles.